The third-order valence-corrected chi connectivity index (χ3v) is 8.27. The number of aliphatic hydroxyl groups excluding tert-OH is 2. The Kier molecular flexibility index (Phi) is 6.08. The number of amides is 1. The van der Waals surface area contributed by atoms with Crippen molar-refractivity contribution in [2.45, 2.75) is 24.5 Å². The molecule has 204 valence electrons. The first-order valence-electron chi connectivity index (χ1n) is 12.6. The van der Waals surface area contributed by atoms with Crippen LogP contribution in [-0.4, -0.2) is 82.6 Å². The predicted octanol–water partition coefficient (Wildman–Crippen LogP) is 1.85. The number of nitrogens with two attached hydrogens (primary N) is 1. The van der Waals surface area contributed by atoms with Crippen LogP contribution < -0.4 is 10.6 Å². The zero-order valence-corrected chi connectivity index (χ0v) is 22.1. The largest absolute Gasteiger partial charge is 0.510 e. The molecule has 0 saturated heterocycles. The van der Waals surface area contributed by atoms with Gasteiger partial charge >= 0.3 is 0 Å². The van der Waals surface area contributed by atoms with Crippen molar-refractivity contribution in [1.29, 1.82) is 0 Å². The summed E-state index contributed by atoms with van der Waals surface area (Å²) in [5.41, 5.74) is 4.09. The molecule has 10 heteroatoms. The molecule has 0 spiro atoms. The van der Waals surface area contributed by atoms with E-state index in [4.69, 9.17) is 5.73 Å². The molecule has 0 heterocycles. The molecule has 3 aliphatic carbocycles. The first-order chi connectivity index (χ1) is 18.3. The van der Waals surface area contributed by atoms with Crippen LogP contribution in [0.2, 0.25) is 0 Å². The molecule has 5 rings (SSSR count). The van der Waals surface area contributed by atoms with Crippen molar-refractivity contribution < 1.29 is 34.8 Å². The lowest BCUT2D eigenvalue weighted by Gasteiger charge is -2.50. The van der Waals surface area contributed by atoms with Crippen molar-refractivity contribution in [3.63, 3.8) is 0 Å². The van der Waals surface area contributed by atoms with E-state index in [9.17, 15) is 34.8 Å². The monoisotopic (exact) mass is 533 g/mol. The van der Waals surface area contributed by atoms with Crippen LogP contribution >= 0.6 is 0 Å². The number of carbonyl (C=O) groups excluding carboxylic acids is 3. The number of phenolic OH excluding ortho intramolecular Hbond substituents is 1. The molecule has 2 aromatic rings. The van der Waals surface area contributed by atoms with Gasteiger partial charge in [-0.15, -0.1) is 0 Å². The second-order valence-corrected chi connectivity index (χ2v) is 10.9. The van der Waals surface area contributed by atoms with Gasteiger partial charge in [0.25, 0.3) is 5.91 Å². The average molecular weight is 534 g/mol. The van der Waals surface area contributed by atoms with Gasteiger partial charge in [-0.05, 0) is 50.0 Å². The molecular weight excluding hydrogens is 502 g/mol. The number of primary amides is 1. The quantitative estimate of drug-likeness (QED) is 0.369. The molecule has 39 heavy (non-hydrogen) atoms. The SMILES string of the molecule is CN(C)c1cc(-c2ccccc2)c(O)c2c1CC1CC3C(N(C)C)C(O)=C(C(N)=O)C(=O)C3(O)C(O)=C1C2=O. The lowest BCUT2D eigenvalue weighted by molar-refractivity contribution is -0.148. The molecule has 10 nitrogen and oxygen atoms in total. The van der Waals surface area contributed by atoms with Crippen LogP contribution in [0.15, 0.2) is 59.1 Å². The van der Waals surface area contributed by atoms with Gasteiger partial charge in [-0.1, -0.05) is 30.3 Å². The van der Waals surface area contributed by atoms with Gasteiger partial charge in [0, 0.05) is 36.8 Å². The van der Waals surface area contributed by atoms with Crippen LogP contribution in [0.4, 0.5) is 5.69 Å². The molecule has 4 atom stereocenters. The van der Waals surface area contributed by atoms with Crippen molar-refractivity contribution in [2.75, 3.05) is 33.1 Å². The number of anilines is 1. The summed E-state index contributed by atoms with van der Waals surface area (Å²) < 4.78 is 0. The predicted molar refractivity (Wildman–Crippen MR) is 143 cm³/mol. The van der Waals surface area contributed by atoms with E-state index in [0.717, 1.165) is 0 Å². The Bertz CT molecular complexity index is 1490. The Labute approximate surface area is 225 Å². The summed E-state index contributed by atoms with van der Waals surface area (Å²) in [5.74, 6) is -6.65. The van der Waals surface area contributed by atoms with E-state index in [1.807, 2.05) is 43.3 Å². The van der Waals surface area contributed by atoms with E-state index in [2.05, 4.69) is 0 Å². The summed E-state index contributed by atoms with van der Waals surface area (Å²) in [5, 5.41) is 45.5. The fourth-order valence-electron chi connectivity index (χ4n) is 6.54. The molecule has 3 aliphatic rings. The van der Waals surface area contributed by atoms with E-state index < -0.39 is 58.0 Å². The number of fused-ring (bicyclic) bond motifs is 3. The first-order valence-corrected chi connectivity index (χ1v) is 12.6. The van der Waals surface area contributed by atoms with Gasteiger partial charge in [0.15, 0.2) is 11.4 Å². The number of aliphatic hydroxyl groups is 3. The molecule has 1 amide bonds. The summed E-state index contributed by atoms with van der Waals surface area (Å²) >= 11 is 0. The second-order valence-electron chi connectivity index (χ2n) is 10.9. The van der Waals surface area contributed by atoms with Crippen molar-refractivity contribution in [3.8, 4) is 16.9 Å². The van der Waals surface area contributed by atoms with Gasteiger partial charge < -0.3 is 31.1 Å². The van der Waals surface area contributed by atoms with Crippen LogP contribution in [-0.2, 0) is 16.0 Å². The van der Waals surface area contributed by atoms with E-state index >= 15 is 0 Å². The van der Waals surface area contributed by atoms with Crippen LogP contribution in [0.5, 0.6) is 5.75 Å². The van der Waals surface area contributed by atoms with Crippen LogP contribution in [0.3, 0.4) is 0 Å². The minimum atomic E-state index is -2.67. The minimum absolute atomic E-state index is 0.0131. The van der Waals surface area contributed by atoms with Crippen molar-refractivity contribution in [3.05, 3.63) is 70.2 Å². The van der Waals surface area contributed by atoms with Gasteiger partial charge in [-0.25, -0.2) is 0 Å². The first kappa shape index (κ1) is 26.5. The van der Waals surface area contributed by atoms with Gasteiger partial charge in [0.05, 0.1) is 11.6 Å². The molecule has 0 saturated carbocycles. The molecule has 0 bridgehead atoms. The summed E-state index contributed by atoms with van der Waals surface area (Å²) in [7, 11) is 6.84. The lowest BCUT2D eigenvalue weighted by atomic mass is 9.58. The Morgan fingerprint density at radius 2 is 1.69 bits per heavy atom. The van der Waals surface area contributed by atoms with Crippen LogP contribution in [0, 0.1) is 11.8 Å². The van der Waals surface area contributed by atoms with E-state index in [0.29, 0.717) is 22.4 Å². The number of hydrogen-bond acceptors (Lipinski definition) is 9. The Morgan fingerprint density at radius 1 is 1.05 bits per heavy atom. The number of phenols is 1. The highest BCUT2D eigenvalue weighted by Gasteiger charge is 2.63. The highest BCUT2D eigenvalue weighted by molar-refractivity contribution is 6.25. The Hall–Kier alpha value is -4.15. The standard InChI is InChI=1S/C29H31N3O7/c1-31(2)18-12-15(13-8-6-5-7-9-13)23(33)20-16(18)10-14-11-17-22(32(3)4)25(35)21(28(30)38)27(37)29(17,39)26(36)19(14)24(20)34/h5-9,12,14,17,22,33,35-36,39H,10-11H2,1-4H3,(H2,30,38). The number of rotatable bonds is 4. The van der Waals surface area contributed by atoms with E-state index in [-0.39, 0.29) is 29.7 Å². The third kappa shape index (κ3) is 3.59. The summed E-state index contributed by atoms with van der Waals surface area (Å²) in [6.45, 7) is 0. The number of nitrogens with zero attached hydrogens (tertiary/aromatic N) is 2. The van der Waals surface area contributed by atoms with E-state index in [1.54, 1.807) is 26.2 Å². The number of aromatic hydroxyl groups is 1. The van der Waals surface area contributed by atoms with Crippen LogP contribution in [0.25, 0.3) is 11.1 Å². The summed E-state index contributed by atoms with van der Waals surface area (Å²) in [4.78, 5) is 43.0. The smallest absolute Gasteiger partial charge is 0.255 e. The maximum atomic E-state index is 14.1. The number of Topliss-reactive ketones (excluding diaryl/α,β-unsaturated/α-hetero) is 2. The van der Waals surface area contributed by atoms with Crippen LogP contribution in [0.1, 0.15) is 22.3 Å². The highest BCUT2D eigenvalue weighted by atomic mass is 16.3. The van der Waals surface area contributed by atoms with Crippen molar-refractivity contribution >= 4 is 23.2 Å². The molecule has 0 fully saturated rings. The van der Waals surface area contributed by atoms with E-state index in [1.165, 1.54) is 4.90 Å². The molecule has 6 N–H and O–H groups in total. The van der Waals surface area contributed by atoms with Crippen molar-refractivity contribution in [1.82, 2.24) is 4.90 Å². The zero-order valence-electron chi connectivity index (χ0n) is 22.1. The fourth-order valence-corrected chi connectivity index (χ4v) is 6.54. The molecular formula is C29H31N3O7. The van der Waals surface area contributed by atoms with Gasteiger partial charge in [-0.3, -0.25) is 19.3 Å². The second kappa shape index (κ2) is 8.96. The van der Waals surface area contributed by atoms with Gasteiger partial charge in [-0.2, -0.15) is 0 Å². The number of hydrogen-bond donors (Lipinski definition) is 5. The van der Waals surface area contributed by atoms with Crippen molar-refractivity contribution in [2.24, 2.45) is 17.6 Å². The maximum Gasteiger partial charge on any atom is 0.255 e. The normalized spacial score (nSPS) is 26.4. The molecule has 2 aromatic carbocycles. The molecule has 4 unspecified atom stereocenters. The van der Waals surface area contributed by atoms with Gasteiger partial charge in [0.1, 0.15) is 22.8 Å². The summed E-state index contributed by atoms with van der Waals surface area (Å²) in [6.07, 6.45) is 0.268. The molecule has 0 radical (unpaired) electrons. The number of allylic oxidation sites excluding steroid dienone is 1. The topological polar surface area (TPSA) is 165 Å². The summed E-state index contributed by atoms with van der Waals surface area (Å²) in [6, 6.07) is 9.83. The minimum Gasteiger partial charge on any atom is -0.510 e. The number of ketones is 2. The molecule has 0 aromatic heterocycles. The maximum absolute atomic E-state index is 14.1. The average Bonchev–Trinajstić information content (AvgIpc) is 2.86. The Balaban J connectivity index is 1.76. The number of carbonyl (C=O) groups is 3. The Morgan fingerprint density at radius 3 is 2.26 bits per heavy atom. The lowest BCUT2D eigenvalue weighted by Crippen LogP contribution is -2.63. The third-order valence-electron chi connectivity index (χ3n) is 8.27. The fraction of sp³-hybridized carbons (Fsp3) is 0.345. The highest BCUT2D eigenvalue weighted by Crippen LogP contribution is 2.54. The number of likely N-dealkylation sites (N-methyl/N-ethyl adjacent to an activating group) is 1. The zero-order chi connectivity index (χ0) is 28.5. The number of benzene rings is 2. The van der Waals surface area contributed by atoms with Gasteiger partial charge in [0.2, 0.25) is 5.78 Å². The molecule has 0 aliphatic heterocycles.